The number of nitrogens with zero attached hydrogens (tertiary/aromatic N) is 2. The highest BCUT2D eigenvalue weighted by Crippen LogP contribution is 2.56. The van der Waals surface area contributed by atoms with Crippen molar-refractivity contribution in [2.45, 2.75) is 155 Å². The van der Waals surface area contributed by atoms with Gasteiger partial charge in [-0.15, -0.1) is 0 Å². The Morgan fingerprint density at radius 1 is 0.469 bits per heavy atom. The average molecular weight is 844 g/mol. The fraction of sp³-hybridized carbons (Fsp3) is 0.400. The molecule has 6 aromatic carbocycles. The fourth-order valence-corrected chi connectivity index (χ4v) is 13.7. The molecule has 7 aromatic rings. The van der Waals surface area contributed by atoms with Crippen molar-refractivity contribution in [2.75, 3.05) is 9.80 Å². The molecule has 0 amide bonds. The molecule has 0 bridgehead atoms. The van der Waals surface area contributed by atoms with Gasteiger partial charge in [0.05, 0.1) is 11.1 Å². The van der Waals surface area contributed by atoms with Gasteiger partial charge in [0.25, 0.3) is 6.71 Å². The molecule has 1 aromatic heterocycles. The minimum absolute atomic E-state index is 0.0212. The zero-order valence-electron chi connectivity index (χ0n) is 43.2. The summed E-state index contributed by atoms with van der Waals surface area (Å²) in [6.07, 6.45) is 5.50. The molecule has 3 nitrogen and oxygen atoms in total. The van der Waals surface area contributed by atoms with Crippen molar-refractivity contribution in [1.29, 1.82) is 0 Å². The Morgan fingerprint density at radius 3 is 1.62 bits per heavy atom. The van der Waals surface area contributed by atoms with Crippen LogP contribution in [0.15, 0.2) is 101 Å². The van der Waals surface area contributed by atoms with E-state index >= 15 is 0 Å². The molecule has 0 N–H and O–H groups in total. The Morgan fingerprint density at radius 2 is 0.984 bits per heavy atom. The molecule has 0 unspecified atom stereocenters. The van der Waals surface area contributed by atoms with E-state index in [2.05, 4.69) is 166 Å². The summed E-state index contributed by atoms with van der Waals surface area (Å²) < 4.78 is 34.2. The Bertz CT molecular complexity index is 3310. The first-order valence-corrected chi connectivity index (χ1v) is 24.0. The van der Waals surface area contributed by atoms with Crippen molar-refractivity contribution in [1.82, 2.24) is 0 Å². The van der Waals surface area contributed by atoms with Gasteiger partial charge in [-0.1, -0.05) is 126 Å². The standard InChI is InChI=1S/C60H65BN2O/c1-35-27-49-54-50(28-35)63(46-18-16-20-52-53(46)37-17-14-15-19-51(37)64-52)48-33-43-41(59(10,11)34-60(43,12)13)31-45(48)61(54)44-30-40-42(58(8,9)26-25-57(40,6)7)32-47(44)62(49)36-21-22-38-39(29-36)56(4,5)24-23-55(38,2)3/h14-22,27-33H,23-26,34H2,1-13H3/i1D3. The maximum Gasteiger partial charge on any atom is 0.252 e. The van der Waals surface area contributed by atoms with Gasteiger partial charge >= 0.3 is 0 Å². The molecule has 0 radical (unpaired) electrons. The number of para-hydroxylation sites is 1. The molecular weight excluding hydrogens is 775 g/mol. The lowest BCUT2D eigenvalue weighted by atomic mass is 9.33. The second-order valence-electron chi connectivity index (χ2n) is 24.4. The van der Waals surface area contributed by atoms with Gasteiger partial charge in [-0.2, -0.15) is 0 Å². The third-order valence-corrected chi connectivity index (χ3v) is 17.2. The Kier molecular flexibility index (Phi) is 7.27. The lowest BCUT2D eigenvalue weighted by molar-refractivity contribution is 0.332. The van der Waals surface area contributed by atoms with Crippen LogP contribution in [-0.2, 0) is 32.5 Å². The second kappa shape index (κ2) is 12.6. The van der Waals surface area contributed by atoms with E-state index in [9.17, 15) is 4.11 Å². The molecule has 4 heteroatoms. The van der Waals surface area contributed by atoms with Crippen LogP contribution in [0.4, 0.5) is 34.1 Å². The number of rotatable bonds is 2. The van der Waals surface area contributed by atoms with E-state index < -0.39 is 6.85 Å². The number of hydrogen-bond acceptors (Lipinski definition) is 3. The van der Waals surface area contributed by atoms with Crippen molar-refractivity contribution in [3.63, 3.8) is 0 Å². The van der Waals surface area contributed by atoms with Gasteiger partial charge in [0, 0.05) is 37.9 Å². The molecule has 3 heterocycles. The highest BCUT2D eigenvalue weighted by Gasteiger charge is 2.50. The van der Waals surface area contributed by atoms with E-state index in [1.54, 1.807) is 0 Å². The summed E-state index contributed by atoms with van der Waals surface area (Å²) in [6.45, 7) is 26.4. The third-order valence-electron chi connectivity index (χ3n) is 17.2. The van der Waals surface area contributed by atoms with E-state index in [0.29, 0.717) is 5.56 Å². The minimum Gasteiger partial charge on any atom is -0.456 e. The van der Waals surface area contributed by atoms with Gasteiger partial charge in [-0.05, 0) is 181 Å². The van der Waals surface area contributed by atoms with Gasteiger partial charge in [0.2, 0.25) is 0 Å². The molecule has 2 aliphatic heterocycles. The summed E-state index contributed by atoms with van der Waals surface area (Å²) in [6, 6.07) is 36.1. The lowest BCUT2D eigenvalue weighted by Gasteiger charge is -2.48. The van der Waals surface area contributed by atoms with Crippen LogP contribution < -0.4 is 26.2 Å². The Labute approximate surface area is 386 Å². The summed E-state index contributed by atoms with van der Waals surface area (Å²) in [5.41, 5.74) is 20.2. The van der Waals surface area contributed by atoms with Crippen molar-refractivity contribution in [2.24, 2.45) is 0 Å². The summed E-state index contributed by atoms with van der Waals surface area (Å²) in [5, 5.41) is 2.07. The summed E-state index contributed by atoms with van der Waals surface area (Å²) in [5.74, 6) is 0. The van der Waals surface area contributed by atoms with Crippen LogP contribution in [-0.4, -0.2) is 6.71 Å². The summed E-state index contributed by atoms with van der Waals surface area (Å²) >= 11 is 0. The number of benzene rings is 6. The zero-order chi connectivity index (χ0) is 47.3. The van der Waals surface area contributed by atoms with Gasteiger partial charge in [-0.25, -0.2) is 0 Å². The first-order valence-electron chi connectivity index (χ1n) is 25.5. The fourth-order valence-electron chi connectivity index (χ4n) is 13.7. The first kappa shape index (κ1) is 37.1. The number of furan rings is 1. The molecule has 0 saturated heterocycles. The topological polar surface area (TPSA) is 19.6 Å². The maximum absolute atomic E-state index is 9.19. The Hall–Kier alpha value is -5.22. The highest BCUT2D eigenvalue weighted by molar-refractivity contribution is 7.00. The first-order chi connectivity index (χ1) is 31.3. The van der Waals surface area contributed by atoms with Gasteiger partial charge in [0.1, 0.15) is 11.2 Å². The van der Waals surface area contributed by atoms with E-state index in [1.165, 1.54) is 44.3 Å². The predicted octanol–water partition coefficient (Wildman–Crippen LogP) is 14.6. The molecule has 0 fully saturated rings. The third kappa shape index (κ3) is 5.41. The Balaban J connectivity index is 1.26. The summed E-state index contributed by atoms with van der Waals surface area (Å²) in [7, 11) is 0. The van der Waals surface area contributed by atoms with E-state index in [4.69, 9.17) is 4.42 Å². The van der Waals surface area contributed by atoms with Gasteiger partial charge in [-0.3, -0.25) is 0 Å². The molecule has 0 atom stereocenters. The van der Waals surface area contributed by atoms with E-state index in [1.807, 2.05) is 24.3 Å². The molecule has 12 rings (SSSR count). The molecule has 64 heavy (non-hydrogen) atoms. The number of aryl methyl sites for hydroxylation is 1. The monoisotopic (exact) mass is 844 g/mol. The van der Waals surface area contributed by atoms with Gasteiger partial charge < -0.3 is 14.2 Å². The van der Waals surface area contributed by atoms with Crippen LogP contribution in [0, 0.1) is 6.85 Å². The predicted molar refractivity (Wildman–Crippen MR) is 274 cm³/mol. The van der Waals surface area contributed by atoms with Crippen molar-refractivity contribution in [3.05, 3.63) is 136 Å². The number of hydrogen-bond donors (Lipinski definition) is 0. The van der Waals surface area contributed by atoms with Crippen molar-refractivity contribution < 1.29 is 8.53 Å². The maximum atomic E-state index is 9.19. The smallest absolute Gasteiger partial charge is 0.252 e. The van der Waals surface area contributed by atoms with Crippen LogP contribution in [0.2, 0.25) is 0 Å². The summed E-state index contributed by atoms with van der Waals surface area (Å²) in [4.78, 5) is 4.91. The van der Waals surface area contributed by atoms with Crippen molar-refractivity contribution in [3.8, 4) is 0 Å². The quantitative estimate of drug-likeness (QED) is 0.162. The van der Waals surface area contributed by atoms with Crippen LogP contribution in [0.3, 0.4) is 0 Å². The minimum atomic E-state index is -2.37. The SMILES string of the molecule is [2H]C([2H])([2H])c1cc2c3c(c1)N(c1cccc4oc5ccccc5c14)c1cc4c(cc1B3c1cc3c(cc1N2c1ccc2c(c1)C(C)(C)CCC2(C)C)C(C)(C)CCC3(C)C)C(C)(C)CC4(C)C. The number of fused-ring (bicyclic) bond motifs is 10. The van der Waals surface area contributed by atoms with Crippen LogP contribution in [0.1, 0.15) is 158 Å². The largest absolute Gasteiger partial charge is 0.456 e. The highest BCUT2D eigenvalue weighted by atomic mass is 16.3. The van der Waals surface area contributed by atoms with Crippen LogP contribution in [0.25, 0.3) is 21.9 Å². The molecule has 3 aliphatic carbocycles. The molecule has 324 valence electrons. The van der Waals surface area contributed by atoms with E-state index in [0.717, 1.165) is 93.6 Å². The molecule has 0 saturated carbocycles. The molecular formula is C60H65BN2O. The van der Waals surface area contributed by atoms with E-state index in [-0.39, 0.29) is 39.2 Å². The van der Waals surface area contributed by atoms with Crippen molar-refractivity contribution >= 4 is 79.2 Å². The normalized spacial score (nSPS) is 21.8. The van der Waals surface area contributed by atoms with Gasteiger partial charge in [0.15, 0.2) is 0 Å². The van der Waals surface area contributed by atoms with Crippen LogP contribution in [0.5, 0.6) is 0 Å². The van der Waals surface area contributed by atoms with Crippen LogP contribution >= 0.6 is 0 Å². The lowest BCUT2D eigenvalue weighted by Crippen LogP contribution is -2.62. The second-order valence-corrected chi connectivity index (χ2v) is 24.4. The number of anilines is 6. The average Bonchev–Trinajstić information content (AvgIpc) is 3.72. The molecule has 0 spiro atoms. The zero-order valence-corrected chi connectivity index (χ0v) is 40.2. The molecule has 5 aliphatic rings.